The van der Waals surface area contributed by atoms with E-state index in [0.29, 0.717) is 29.7 Å². The summed E-state index contributed by atoms with van der Waals surface area (Å²) < 4.78 is 40.1. The van der Waals surface area contributed by atoms with Crippen molar-refractivity contribution in [1.82, 2.24) is 4.90 Å². The zero-order valence-electron chi connectivity index (χ0n) is 13.9. The number of halogens is 3. The van der Waals surface area contributed by atoms with Crippen LogP contribution in [0.2, 0.25) is 0 Å². The molecule has 0 radical (unpaired) electrons. The lowest BCUT2D eigenvalue weighted by Gasteiger charge is -2.33. The molecule has 6 heteroatoms. The molecule has 0 saturated heterocycles. The minimum Gasteiger partial charge on any atom is -0.359 e. The fourth-order valence-electron chi connectivity index (χ4n) is 3.54. The normalized spacial score (nSPS) is 23.0. The Labute approximate surface area is 144 Å². The molecule has 3 aliphatic rings. The molecule has 0 aromatic heterocycles. The molecule has 0 amide bonds. The van der Waals surface area contributed by atoms with Crippen molar-refractivity contribution in [2.75, 3.05) is 13.1 Å². The highest BCUT2D eigenvalue weighted by molar-refractivity contribution is 5.99. The van der Waals surface area contributed by atoms with Crippen LogP contribution < -0.4 is 0 Å². The van der Waals surface area contributed by atoms with Gasteiger partial charge in [0.05, 0.1) is 17.2 Å². The molecule has 1 aromatic carbocycles. The van der Waals surface area contributed by atoms with Gasteiger partial charge in [0.15, 0.2) is 0 Å². The largest absolute Gasteiger partial charge is 0.418 e. The fraction of sp³-hybridized carbons (Fsp3) is 0.579. The molecule has 0 bridgehead atoms. The summed E-state index contributed by atoms with van der Waals surface area (Å²) >= 11 is 0. The summed E-state index contributed by atoms with van der Waals surface area (Å²) in [5.41, 5.74) is -0.196. The maximum absolute atomic E-state index is 13.4. The van der Waals surface area contributed by atoms with Crippen LogP contribution in [-0.4, -0.2) is 30.1 Å². The van der Waals surface area contributed by atoms with Gasteiger partial charge in [-0.3, -0.25) is 0 Å². The number of para-hydroxylation sites is 1. The Morgan fingerprint density at radius 1 is 1.12 bits per heavy atom. The smallest absolute Gasteiger partial charge is 0.359 e. The van der Waals surface area contributed by atoms with Gasteiger partial charge in [0.2, 0.25) is 0 Å². The van der Waals surface area contributed by atoms with Crippen molar-refractivity contribution in [2.45, 2.75) is 38.3 Å². The van der Waals surface area contributed by atoms with Crippen LogP contribution in [0.25, 0.3) is 0 Å². The monoisotopic (exact) mass is 350 g/mol. The number of carbonyl (C=O) groups is 1. The summed E-state index contributed by atoms with van der Waals surface area (Å²) in [5, 5.41) is 0. The third kappa shape index (κ3) is 3.58. The Bertz CT molecular complexity index is 691. The van der Waals surface area contributed by atoms with E-state index < -0.39 is 17.7 Å². The van der Waals surface area contributed by atoms with Crippen molar-refractivity contribution in [3.05, 3.63) is 29.3 Å². The van der Waals surface area contributed by atoms with Gasteiger partial charge in [-0.15, -0.1) is 0 Å². The van der Waals surface area contributed by atoms with E-state index in [4.69, 9.17) is 0 Å². The van der Waals surface area contributed by atoms with E-state index in [0.717, 1.165) is 51.1 Å². The number of aliphatic imine (C=N–C) groups is 1. The van der Waals surface area contributed by atoms with Gasteiger partial charge in [-0.25, -0.2) is 4.99 Å². The quantitative estimate of drug-likeness (QED) is 0.745. The number of nitrogens with zero attached hydrogens (tertiary/aromatic N) is 2. The standard InChI is InChI=1S/C19H21F3N2O/c20-19(21,22)16-3-1-2-14-8-15(11-25)18(23-17(14)16)24(9-12-4-5-12)10-13-6-7-13/h1-3,11-13,15H,4-10H2. The van der Waals surface area contributed by atoms with Crippen LogP contribution in [0.3, 0.4) is 0 Å². The SMILES string of the molecule is O=CC1Cc2cccc(C(F)(F)F)c2N=C1N(CC1CC1)CC1CC1. The summed E-state index contributed by atoms with van der Waals surface area (Å²) in [6, 6.07) is 4.12. The van der Waals surface area contributed by atoms with Crippen LogP contribution in [0.5, 0.6) is 0 Å². The molecule has 2 aliphatic carbocycles. The van der Waals surface area contributed by atoms with E-state index in [1.807, 2.05) is 0 Å². The van der Waals surface area contributed by atoms with Gasteiger partial charge in [-0.05, 0) is 55.6 Å². The van der Waals surface area contributed by atoms with E-state index in [9.17, 15) is 18.0 Å². The number of alkyl halides is 3. The van der Waals surface area contributed by atoms with E-state index in [1.54, 1.807) is 6.07 Å². The van der Waals surface area contributed by atoms with E-state index in [2.05, 4.69) is 9.89 Å². The van der Waals surface area contributed by atoms with Gasteiger partial charge in [0.1, 0.15) is 12.1 Å². The van der Waals surface area contributed by atoms with Crippen molar-refractivity contribution < 1.29 is 18.0 Å². The molecule has 0 N–H and O–H groups in total. The number of aldehydes is 1. The molecule has 4 rings (SSSR count). The summed E-state index contributed by atoms with van der Waals surface area (Å²) in [5.74, 6) is 1.27. The fourth-order valence-corrected chi connectivity index (χ4v) is 3.54. The van der Waals surface area contributed by atoms with Crippen LogP contribution in [0, 0.1) is 17.8 Å². The number of benzene rings is 1. The molecule has 1 aliphatic heterocycles. The van der Waals surface area contributed by atoms with Crippen LogP contribution in [0.15, 0.2) is 23.2 Å². The van der Waals surface area contributed by atoms with Crippen LogP contribution in [-0.2, 0) is 17.4 Å². The number of amidine groups is 1. The van der Waals surface area contributed by atoms with Gasteiger partial charge in [0, 0.05) is 13.1 Å². The third-order valence-electron chi connectivity index (χ3n) is 5.26. The van der Waals surface area contributed by atoms with Gasteiger partial charge in [-0.1, -0.05) is 12.1 Å². The lowest BCUT2D eigenvalue weighted by molar-refractivity contribution is -0.137. The molecule has 0 spiro atoms. The minimum absolute atomic E-state index is 0.000283. The molecule has 1 atom stereocenters. The topological polar surface area (TPSA) is 32.7 Å². The Kier molecular flexibility index (Phi) is 4.08. The van der Waals surface area contributed by atoms with Gasteiger partial charge < -0.3 is 9.69 Å². The Morgan fingerprint density at radius 2 is 1.76 bits per heavy atom. The van der Waals surface area contributed by atoms with Crippen LogP contribution >= 0.6 is 0 Å². The minimum atomic E-state index is -4.44. The zero-order chi connectivity index (χ0) is 17.6. The average Bonchev–Trinajstić information content (AvgIpc) is 3.47. The summed E-state index contributed by atoms with van der Waals surface area (Å²) in [6.07, 6.45) is 1.33. The van der Waals surface area contributed by atoms with Crippen molar-refractivity contribution >= 4 is 17.8 Å². The highest BCUT2D eigenvalue weighted by Gasteiger charge is 2.39. The van der Waals surface area contributed by atoms with E-state index in [1.165, 1.54) is 6.07 Å². The van der Waals surface area contributed by atoms with Crippen LogP contribution in [0.4, 0.5) is 18.9 Å². The van der Waals surface area contributed by atoms with E-state index >= 15 is 0 Å². The molecular formula is C19H21F3N2O. The second-order valence-electron chi connectivity index (χ2n) is 7.52. The number of hydrogen-bond acceptors (Lipinski definition) is 3. The highest BCUT2D eigenvalue weighted by Crippen LogP contribution is 2.42. The molecule has 2 saturated carbocycles. The lowest BCUT2D eigenvalue weighted by atomic mass is 9.92. The zero-order valence-corrected chi connectivity index (χ0v) is 13.9. The molecule has 2 fully saturated rings. The van der Waals surface area contributed by atoms with Crippen molar-refractivity contribution in [2.24, 2.45) is 22.7 Å². The number of fused-ring (bicyclic) bond motifs is 1. The van der Waals surface area contributed by atoms with Crippen molar-refractivity contribution in [1.29, 1.82) is 0 Å². The van der Waals surface area contributed by atoms with Gasteiger partial charge >= 0.3 is 6.18 Å². The average molecular weight is 350 g/mol. The van der Waals surface area contributed by atoms with Gasteiger partial charge in [0.25, 0.3) is 0 Å². The summed E-state index contributed by atoms with van der Waals surface area (Å²) in [4.78, 5) is 18.2. The molecule has 1 aromatic rings. The van der Waals surface area contributed by atoms with Crippen molar-refractivity contribution in [3.8, 4) is 0 Å². The Morgan fingerprint density at radius 3 is 2.28 bits per heavy atom. The first-order valence-electron chi connectivity index (χ1n) is 8.93. The van der Waals surface area contributed by atoms with Gasteiger partial charge in [-0.2, -0.15) is 13.2 Å². The lowest BCUT2D eigenvalue weighted by Crippen LogP contribution is -2.41. The molecule has 1 heterocycles. The molecule has 134 valence electrons. The number of hydrogen-bond donors (Lipinski definition) is 0. The predicted octanol–water partition coefficient (Wildman–Crippen LogP) is 4.23. The second kappa shape index (κ2) is 6.15. The summed E-state index contributed by atoms with van der Waals surface area (Å²) in [7, 11) is 0. The van der Waals surface area contributed by atoms with Crippen molar-refractivity contribution in [3.63, 3.8) is 0 Å². The first-order chi connectivity index (χ1) is 12.0. The maximum Gasteiger partial charge on any atom is 0.418 e. The first kappa shape index (κ1) is 16.6. The second-order valence-corrected chi connectivity index (χ2v) is 7.52. The molecular weight excluding hydrogens is 329 g/mol. The number of carbonyl (C=O) groups excluding carboxylic acids is 1. The van der Waals surface area contributed by atoms with Crippen LogP contribution in [0.1, 0.15) is 36.8 Å². The summed E-state index contributed by atoms with van der Waals surface area (Å²) in [6.45, 7) is 1.62. The molecule has 3 nitrogen and oxygen atoms in total. The number of rotatable bonds is 5. The predicted molar refractivity (Wildman–Crippen MR) is 88.8 cm³/mol. The third-order valence-corrected chi connectivity index (χ3v) is 5.26. The molecule has 25 heavy (non-hydrogen) atoms. The van der Waals surface area contributed by atoms with E-state index in [-0.39, 0.29) is 5.69 Å². The molecule has 1 unspecified atom stereocenters. The highest BCUT2D eigenvalue weighted by atomic mass is 19.4. The maximum atomic E-state index is 13.4. The Balaban J connectivity index is 1.73. The Hall–Kier alpha value is -1.85. The first-order valence-corrected chi connectivity index (χ1v) is 8.93.